The SMILES string of the molecule is O=S(=O)(Cl)Cc1cc(F)cc(Br)c1F. The summed E-state index contributed by atoms with van der Waals surface area (Å²) in [5, 5.41) is 0. The highest BCUT2D eigenvalue weighted by Crippen LogP contribution is 2.23. The second kappa shape index (κ2) is 4.12. The first kappa shape index (κ1) is 11.9. The van der Waals surface area contributed by atoms with Crippen LogP contribution >= 0.6 is 26.6 Å². The summed E-state index contributed by atoms with van der Waals surface area (Å²) in [6.07, 6.45) is 0. The van der Waals surface area contributed by atoms with Gasteiger partial charge in [-0.3, -0.25) is 0 Å². The highest BCUT2D eigenvalue weighted by atomic mass is 79.9. The average Bonchev–Trinajstić information content (AvgIpc) is 1.96. The van der Waals surface area contributed by atoms with E-state index in [1.165, 1.54) is 0 Å². The van der Waals surface area contributed by atoms with Crippen LogP contribution < -0.4 is 0 Å². The summed E-state index contributed by atoms with van der Waals surface area (Å²) in [5.41, 5.74) is -0.299. The topological polar surface area (TPSA) is 34.1 Å². The molecule has 7 heteroatoms. The maximum Gasteiger partial charge on any atom is 0.236 e. The van der Waals surface area contributed by atoms with Crippen LogP contribution in [0.3, 0.4) is 0 Å². The molecule has 0 atom stereocenters. The van der Waals surface area contributed by atoms with Gasteiger partial charge in [0.05, 0.1) is 10.2 Å². The highest BCUT2D eigenvalue weighted by molar-refractivity contribution is 9.10. The molecule has 1 aromatic rings. The van der Waals surface area contributed by atoms with Crippen LogP contribution in [0.15, 0.2) is 16.6 Å². The lowest BCUT2D eigenvalue weighted by Gasteiger charge is -2.02. The van der Waals surface area contributed by atoms with Gasteiger partial charge in [0.15, 0.2) is 0 Å². The lowest BCUT2D eigenvalue weighted by molar-refractivity contribution is 0.579. The zero-order valence-corrected chi connectivity index (χ0v) is 9.76. The van der Waals surface area contributed by atoms with Crippen molar-refractivity contribution in [3.8, 4) is 0 Å². The number of rotatable bonds is 2. The van der Waals surface area contributed by atoms with Crippen LogP contribution in [0.1, 0.15) is 5.56 Å². The third-order valence-electron chi connectivity index (χ3n) is 1.40. The number of hydrogen-bond donors (Lipinski definition) is 0. The quantitative estimate of drug-likeness (QED) is 0.622. The first-order chi connectivity index (χ1) is 6.29. The largest absolute Gasteiger partial charge is 0.236 e. The first-order valence-electron chi connectivity index (χ1n) is 3.35. The van der Waals surface area contributed by atoms with E-state index in [2.05, 4.69) is 15.9 Å². The van der Waals surface area contributed by atoms with Crippen LogP contribution in [0.2, 0.25) is 0 Å². The molecular weight excluding hydrogens is 301 g/mol. The minimum atomic E-state index is -3.89. The van der Waals surface area contributed by atoms with E-state index in [9.17, 15) is 17.2 Å². The van der Waals surface area contributed by atoms with Gasteiger partial charge in [-0.15, -0.1) is 0 Å². The van der Waals surface area contributed by atoms with Gasteiger partial charge >= 0.3 is 0 Å². The molecule has 14 heavy (non-hydrogen) atoms. The molecular formula is C7H4BrClF2O2S. The van der Waals surface area contributed by atoms with E-state index in [1.807, 2.05) is 0 Å². The van der Waals surface area contributed by atoms with Crippen molar-refractivity contribution in [1.29, 1.82) is 0 Å². The van der Waals surface area contributed by atoms with Crippen LogP contribution in [0.5, 0.6) is 0 Å². The summed E-state index contributed by atoms with van der Waals surface area (Å²) >= 11 is 2.75. The zero-order chi connectivity index (χ0) is 10.9. The van der Waals surface area contributed by atoms with Crippen LogP contribution in [-0.2, 0) is 14.8 Å². The van der Waals surface area contributed by atoms with Gasteiger partial charge in [-0.2, -0.15) is 0 Å². The van der Waals surface area contributed by atoms with Crippen molar-refractivity contribution in [3.63, 3.8) is 0 Å². The first-order valence-corrected chi connectivity index (χ1v) is 6.62. The van der Waals surface area contributed by atoms with Crippen LogP contribution in [0, 0.1) is 11.6 Å². The summed E-state index contributed by atoms with van der Waals surface area (Å²) in [7, 11) is 1.02. The molecule has 1 rings (SSSR count). The van der Waals surface area contributed by atoms with Gasteiger partial charge in [-0.25, -0.2) is 17.2 Å². The highest BCUT2D eigenvalue weighted by Gasteiger charge is 2.15. The molecule has 0 saturated carbocycles. The predicted octanol–water partition coefficient (Wildman–Crippen LogP) is 2.80. The smallest absolute Gasteiger partial charge is 0.212 e. The van der Waals surface area contributed by atoms with E-state index in [4.69, 9.17) is 10.7 Å². The van der Waals surface area contributed by atoms with Crippen LogP contribution in [-0.4, -0.2) is 8.42 Å². The molecule has 0 aliphatic carbocycles. The van der Waals surface area contributed by atoms with Crippen molar-refractivity contribution >= 4 is 35.7 Å². The minimum Gasteiger partial charge on any atom is -0.212 e. The average molecular weight is 306 g/mol. The summed E-state index contributed by atoms with van der Waals surface area (Å²) in [6, 6.07) is 1.69. The molecule has 0 aliphatic heterocycles. The molecule has 0 amide bonds. The zero-order valence-electron chi connectivity index (χ0n) is 6.60. The van der Waals surface area contributed by atoms with Crippen molar-refractivity contribution in [2.24, 2.45) is 0 Å². The van der Waals surface area contributed by atoms with Gasteiger partial charge in [0.25, 0.3) is 0 Å². The van der Waals surface area contributed by atoms with E-state index in [1.54, 1.807) is 0 Å². The van der Waals surface area contributed by atoms with Crippen molar-refractivity contribution < 1.29 is 17.2 Å². The van der Waals surface area contributed by atoms with E-state index >= 15 is 0 Å². The molecule has 0 radical (unpaired) electrons. The third kappa shape index (κ3) is 3.18. The molecule has 0 heterocycles. The maximum atomic E-state index is 13.2. The second-order valence-electron chi connectivity index (χ2n) is 2.54. The Bertz CT molecular complexity index is 461. The summed E-state index contributed by atoms with van der Waals surface area (Å²) in [6.45, 7) is 0. The Balaban J connectivity index is 3.22. The fourth-order valence-electron chi connectivity index (χ4n) is 0.900. The molecule has 2 nitrogen and oxygen atoms in total. The molecule has 0 N–H and O–H groups in total. The van der Waals surface area contributed by atoms with E-state index < -0.39 is 26.4 Å². The molecule has 0 aromatic heterocycles. The molecule has 0 spiro atoms. The van der Waals surface area contributed by atoms with Gasteiger partial charge < -0.3 is 0 Å². The fraction of sp³-hybridized carbons (Fsp3) is 0.143. The predicted molar refractivity (Wildman–Crippen MR) is 52.5 cm³/mol. The van der Waals surface area contributed by atoms with Gasteiger partial charge in [-0.1, -0.05) is 0 Å². The third-order valence-corrected chi connectivity index (χ3v) is 2.96. The molecule has 0 saturated heterocycles. The Morgan fingerprint density at radius 3 is 2.43 bits per heavy atom. The molecule has 0 aliphatic rings. The molecule has 1 aromatic carbocycles. The summed E-state index contributed by atoms with van der Waals surface area (Å²) in [5.74, 6) is -2.29. The van der Waals surface area contributed by atoms with Gasteiger partial charge in [0, 0.05) is 16.2 Å². The fourth-order valence-corrected chi connectivity index (χ4v) is 2.31. The molecule has 0 fully saturated rings. The van der Waals surface area contributed by atoms with Gasteiger partial charge in [0.1, 0.15) is 11.6 Å². The Labute approximate surface area is 92.4 Å². The van der Waals surface area contributed by atoms with E-state index in [0.29, 0.717) is 0 Å². The van der Waals surface area contributed by atoms with Gasteiger partial charge in [-0.05, 0) is 28.1 Å². The Morgan fingerprint density at radius 1 is 1.36 bits per heavy atom. The summed E-state index contributed by atoms with van der Waals surface area (Å²) < 4.78 is 47.1. The second-order valence-corrected chi connectivity index (χ2v) is 6.18. The number of hydrogen-bond acceptors (Lipinski definition) is 2. The molecule has 78 valence electrons. The lowest BCUT2D eigenvalue weighted by Crippen LogP contribution is -2.00. The minimum absolute atomic E-state index is 0.132. The van der Waals surface area contributed by atoms with Crippen molar-refractivity contribution in [2.75, 3.05) is 0 Å². The van der Waals surface area contributed by atoms with E-state index in [0.717, 1.165) is 12.1 Å². The van der Waals surface area contributed by atoms with Crippen LogP contribution in [0.4, 0.5) is 8.78 Å². The lowest BCUT2D eigenvalue weighted by atomic mass is 10.2. The Kier molecular flexibility index (Phi) is 3.49. The monoisotopic (exact) mass is 304 g/mol. The van der Waals surface area contributed by atoms with Gasteiger partial charge in [0.2, 0.25) is 9.05 Å². The number of benzene rings is 1. The maximum absolute atomic E-state index is 13.2. The van der Waals surface area contributed by atoms with E-state index in [-0.39, 0.29) is 10.0 Å². The van der Waals surface area contributed by atoms with Crippen LogP contribution in [0.25, 0.3) is 0 Å². The molecule has 0 bridgehead atoms. The van der Waals surface area contributed by atoms with Crippen molar-refractivity contribution in [2.45, 2.75) is 5.75 Å². The van der Waals surface area contributed by atoms with Crippen molar-refractivity contribution in [3.05, 3.63) is 33.8 Å². The Morgan fingerprint density at radius 2 is 1.93 bits per heavy atom. The number of halogens is 4. The van der Waals surface area contributed by atoms with Crippen molar-refractivity contribution in [1.82, 2.24) is 0 Å². The standard InChI is InChI=1S/C7H4BrClF2O2S/c8-6-2-5(10)1-4(7(6)11)3-14(9,12)13/h1-2H,3H2. The normalized spacial score (nSPS) is 11.7. The summed E-state index contributed by atoms with van der Waals surface area (Å²) in [4.78, 5) is 0. The Hall–Kier alpha value is -0.200. The molecule has 0 unspecified atom stereocenters.